The first kappa shape index (κ1) is 17.9. The summed E-state index contributed by atoms with van der Waals surface area (Å²) in [5, 5.41) is 2.76. The minimum atomic E-state index is -0.528. The highest BCUT2D eigenvalue weighted by molar-refractivity contribution is 6.05. The van der Waals surface area contributed by atoms with E-state index in [0.29, 0.717) is 17.0 Å². The summed E-state index contributed by atoms with van der Waals surface area (Å²) in [5.41, 5.74) is 3.49. The number of ether oxygens (including phenoxy) is 1. The Morgan fingerprint density at radius 2 is 1.73 bits per heavy atom. The predicted octanol–water partition coefficient (Wildman–Crippen LogP) is 3.91. The predicted molar refractivity (Wildman–Crippen MR) is 98.6 cm³/mol. The van der Waals surface area contributed by atoms with Gasteiger partial charge in [-0.05, 0) is 54.3 Å². The summed E-state index contributed by atoms with van der Waals surface area (Å²) in [4.78, 5) is 36.1. The van der Waals surface area contributed by atoms with Gasteiger partial charge in [-0.3, -0.25) is 9.59 Å². The molecule has 0 fully saturated rings. The van der Waals surface area contributed by atoms with Crippen molar-refractivity contribution in [3.63, 3.8) is 0 Å². The molecular weight excluding hydrogens is 330 g/mol. The molecule has 26 heavy (non-hydrogen) atoms. The molecule has 1 atom stereocenters. The SMILES string of the molecule is CC(C)c1ccc(C(=O)OCC(=O)c2ccc3c(c2)[C@H](C)C(=O)N3)cc1. The van der Waals surface area contributed by atoms with Crippen LogP contribution in [0.3, 0.4) is 0 Å². The zero-order valence-corrected chi connectivity index (χ0v) is 15.0. The van der Waals surface area contributed by atoms with Crippen molar-refractivity contribution in [2.45, 2.75) is 32.6 Å². The van der Waals surface area contributed by atoms with Crippen molar-refractivity contribution in [2.75, 3.05) is 11.9 Å². The van der Waals surface area contributed by atoms with Crippen molar-refractivity contribution in [2.24, 2.45) is 0 Å². The Morgan fingerprint density at radius 3 is 2.38 bits per heavy atom. The van der Waals surface area contributed by atoms with Gasteiger partial charge in [-0.15, -0.1) is 0 Å². The van der Waals surface area contributed by atoms with Crippen molar-refractivity contribution in [3.8, 4) is 0 Å². The first-order chi connectivity index (χ1) is 12.4. The molecule has 3 rings (SSSR count). The van der Waals surface area contributed by atoms with Crippen LogP contribution in [-0.2, 0) is 9.53 Å². The van der Waals surface area contributed by atoms with Crippen LogP contribution in [0.1, 0.15) is 64.4 Å². The zero-order chi connectivity index (χ0) is 18.8. The molecule has 0 radical (unpaired) electrons. The average Bonchev–Trinajstić information content (AvgIpc) is 2.93. The van der Waals surface area contributed by atoms with E-state index in [1.165, 1.54) is 0 Å². The van der Waals surface area contributed by atoms with Crippen molar-refractivity contribution in [1.29, 1.82) is 0 Å². The summed E-state index contributed by atoms with van der Waals surface area (Å²) in [7, 11) is 0. The minimum absolute atomic E-state index is 0.0825. The number of esters is 1. The maximum Gasteiger partial charge on any atom is 0.338 e. The number of ketones is 1. The number of amides is 1. The molecule has 0 saturated carbocycles. The number of Topliss-reactive ketones (excluding diaryl/α,β-unsaturated/α-hetero) is 1. The monoisotopic (exact) mass is 351 g/mol. The first-order valence-corrected chi connectivity index (χ1v) is 8.62. The normalized spacial score (nSPS) is 15.5. The highest BCUT2D eigenvalue weighted by Gasteiger charge is 2.27. The van der Waals surface area contributed by atoms with Crippen molar-refractivity contribution < 1.29 is 19.1 Å². The highest BCUT2D eigenvalue weighted by atomic mass is 16.5. The quantitative estimate of drug-likeness (QED) is 0.655. The van der Waals surface area contributed by atoms with Gasteiger partial charge in [0.25, 0.3) is 0 Å². The standard InChI is InChI=1S/C21H21NO4/c1-12(2)14-4-6-15(7-5-14)21(25)26-11-19(23)16-8-9-18-17(10-16)13(3)20(24)22-18/h4-10,12-13H,11H2,1-3H3,(H,22,24)/t13-/m0/s1. The van der Waals surface area contributed by atoms with Crippen LogP contribution in [0.5, 0.6) is 0 Å². The van der Waals surface area contributed by atoms with Crippen molar-refractivity contribution in [1.82, 2.24) is 0 Å². The number of carbonyl (C=O) groups is 3. The molecule has 0 saturated heterocycles. The van der Waals surface area contributed by atoms with Gasteiger partial charge in [0.1, 0.15) is 0 Å². The zero-order valence-electron chi connectivity index (χ0n) is 15.0. The van der Waals surface area contributed by atoms with Crippen molar-refractivity contribution >= 4 is 23.3 Å². The number of hydrogen-bond acceptors (Lipinski definition) is 4. The Kier molecular flexibility index (Phi) is 4.89. The van der Waals surface area contributed by atoms with E-state index in [9.17, 15) is 14.4 Å². The topological polar surface area (TPSA) is 72.5 Å². The van der Waals surface area contributed by atoms with Gasteiger partial charge in [-0.1, -0.05) is 26.0 Å². The summed E-state index contributed by atoms with van der Waals surface area (Å²) in [5.74, 6) is -0.822. The molecular formula is C21H21NO4. The number of fused-ring (bicyclic) bond motifs is 1. The van der Waals surface area contributed by atoms with E-state index >= 15 is 0 Å². The van der Waals surface area contributed by atoms with E-state index in [-0.39, 0.29) is 24.2 Å². The number of hydrogen-bond donors (Lipinski definition) is 1. The molecule has 1 amide bonds. The lowest BCUT2D eigenvalue weighted by atomic mass is 9.99. The Balaban J connectivity index is 1.64. The van der Waals surface area contributed by atoms with Crippen LogP contribution < -0.4 is 5.32 Å². The first-order valence-electron chi connectivity index (χ1n) is 8.62. The lowest BCUT2D eigenvalue weighted by Gasteiger charge is -2.08. The molecule has 5 nitrogen and oxygen atoms in total. The average molecular weight is 351 g/mol. The molecule has 1 heterocycles. The van der Waals surface area contributed by atoms with E-state index in [2.05, 4.69) is 19.2 Å². The van der Waals surface area contributed by atoms with Gasteiger partial charge in [0, 0.05) is 11.3 Å². The second kappa shape index (κ2) is 7.12. The Hall–Kier alpha value is -2.95. The van der Waals surface area contributed by atoms with Gasteiger partial charge in [-0.25, -0.2) is 4.79 Å². The molecule has 1 aliphatic rings. The number of rotatable bonds is 5. The van der Waals surface area contributed by atoms with Crippen LogP contribution in [0.15, 0.2) is 42.5 Å². The summed E-state index contributed by atoms with van der Waals surface area (Å²) >= 11 is 0. The number of carbonyl (C=O) groups excluding carboxylic acids is 3. The van der Waals surface area contributed by atoms with Crippen molar-refractivity contribution in [3.05, 3.63) is 64.7 Å². The molecule has 134 valence electrons. The van der Waals surface area contributed by atoms with Crippen LogP contribution in [0.25, 0.3) is 0 Å². The maximum absolute atomic E-state index is 12.3. The summed E-state index contributed by atoms with van der Waals surface area (Å²) in [6.45, 7) is 5.61. The third kappa shape index (κ3) is 3.52. The van der Waals surface area contributed by atoms with Crippen LogP contribution in [-0.4, -0.2) is 24.3 Å². The number of nitrogens with one attached hydrogen (secondary N) is 1. The van der Waals surface area contributed by atoms with Gasteiger partial charge >= 0.3 is 5.97 Å². The molecule has 5 heteroatoms. The van der Waals surface area contributed by atoms with E-state index in [0.717, 1.165) is 16.8 Å². The Morgan fingerprint density at radius 1 is 1.08 bits per heavy atom. The van der Waals surface area contributed by atoms with E-state index in [1.54, 1.807) is 37.3 Å². The van der Waals surface area contributed by atoms with Crippen LogP contribution >= 0.6 is 0 Å². The summed E-state index contributed by atoms with van der Waals surface area (Å²) < 4.78 is 5.14. The highest BCUT2D eigenvalue weighted by Crippen LogP contribution is 2.32. The van der Waals surface area contributed by atoms with E-state index in [1.807, 2.05) is 12.1 Å². The van der Waals surface area contributed by atoms with E-state index < -0.39 is 5.97 Å². The van der Waals surface area contributed by atoms with Crippen LogP contribution in [0.2, 0.25) is 0 Å². The number of anilines is 1. The lowest BCUT2D eigenvalue weighted by molar-refractivity contribution is -0.116. The fraction of sp³-hybridized carbons (Fsp3) is 0.286. The summed E-state index contributed by atoms with van der Waals surface area (Å²) in [6.07, 6.45) is 0. The van der Waals surface area contributed by atoms with Gasteiger partial charge in [-0.2, -0.15) is 0 Å². The second-order valence-corrected chi connectivity index (χ2v) is 6.79. The molecule has 1 N–H and O–H groups in total. The molecule has 0 aliphatic carbocycles. The van der Waals surface area contributed by atoms with E-state index in [4.69, 9.17) is 4.74 Å². The Labute approximate surface area is 152 Å². The van der Waals surface area contributed by atoms with Crippen LogP contribution in [0.4, 0.5) is 5.69 Å². The molecule has 0 spiro atoms. The molecule has 1 aliphatic heterocycles. The summed E-state index contributed by atoms with van der Waals surface area (Å²) in [6, 6.07) is 12.2. The second-order valence-electron chi connectivity index (χ2n) is 6.79. The van der Waals surface area contributed by atoms with Gasteiger partial charge < -0.3 is 10.1 Å². The molecule has 2 aromatic carbocycles. The third-order valence-electron chi connectivity index (χ3n) is 4.64. The molecule has 0 bridgehead atoms. The Bertz CT molecular complexity index is 868. The van der Waals surface area contributed by atoms with Gasteiger partial charge in [0.05, 0.1) is 11.5 Å². The lowest BCUT2D eigenvalue weighted by Crippen LogP contribution is -2.14. The largest absolute Gasteiger partial charge is 0.454 e. The number of benzene rings is 2. The fourth-order valence-corrected chi connectivity index (χ4v) is 2.89. The minimum Gasteiger partial charge on any atom is -0.454 e. The third-order valence-corrected chi connectivity index (χ3v) is 4.64. The fourth-order valence-electron chi connectivity index (χ4n) is 2.89. The van der Waals surface area contributed by atoms with Crippen LogP contribution in [0, 0.1) is 0 Å². The maximum atomic E-state index is 12.3. The smallest absolute Gasteiger partial charge is 0.338 e. The molecule has 0 unspecified atom stereocenters. The van der Waals surface area contributed by atoms with Gasteiger partial charge in [0.2, 0.25) is 5.91 Å². The molecule has 0 aromatic heterocycles. The van der Waals surface area contributed by atoms with Gasteiger partial charge in [0.15, 0.2) is 12.4 Å². The molecule has 2 aromatic rings.